The molecule has 3 aliphatic rings. The summed E-state index contributed by atoms with van der Waals surface area (Å²) in [5, 5.41) is 0. The average Bonchev–Trinajstić information content (AvgIpc) is 2.96. The molecule has 0 saturated carbocycles. The van der Waals surface area contributed by atoms with Gasteiger partial charge in [-0.2, -0.15) is 0 Å². The lowest BCUT2D eigenvalue weighted by molar-refractivity contribution is 0.687. The third-order valence-electron chi connectivity index (χ3n) is 5.86. The Labute approximate surface area is 183 Å². The second-order valence-electron chi connectivity index (χ2n) is 7.18. The van der Waals surface area contributed by atoms with E-state index in [0.717, 1.165) is 19.3 Å². The maximum atomic E-state index is 2.38. The van der Waals surface area contributed by atoms with Gasteiger partial charge in [0.05, 0.1) is 5.41 Å². The molecule has 0 heteroatoms. The first-order chi connectivity index (χ1) is 14.9. The van der Waals surface area contributed by atoms with E-state index in [1.165, 1.54) is 27.8 Å². The molecule has 2 aromatic carbocycles. The fraction of sp³-hybridized carbons (Fsp3) is 0.267. The van der Waals surface area contributed by atoms with E-state index in [4.69, 9.17) is 0 Å². The van der Waals surface area contributed by atoms with Gasteiger partial charge in [0.15, 0.2) is 0 Å². The molecule has 0 aliphatic heterocycles. The van der Waals surface area contributed by atoms with Crippen LogP contribution in [0.5, 0.6) is 0 Å². The first-order valence-corrected chi connectivity index (χ1v) is 11.5. The van der Waals surface area contributed by atoms with E-state index < -0.39 is 0 Å². The number of allylic oxidation sites excluding steroid dienone is 10. The van der Waals surface area contributed by atoms with E-state index in [-0.39, 0.29) is 5.41 Å². The highest BCUT2D eigenvalue weighted by atomic mass is 14.5. The van der Waals surface area contributed by atoms with Crippen LogP contribution < -0.4 is 0 Å². The summed E-state index contributed by atoms with van der Waals surface area (Å²) in [6, 6.07) is 22.1. The Kier molecular flexibility index (Phi) is 7.46. The number of fused-ring (bicyclic) bond motifs is 1. The molecule has 2 aromatic rings. The lowest BCUT2D eigenvalue weighted by Crippen LogP contribution is -2.31. The van der Waals surface area contributed by atoms with E-state index in [1.807, 2.05) is 27.7 Å². The molecule has 0 unspecified atom stereocenters. The Hall–Kier alpha value is -2.86. The first-order valence-electron chi connectivity index (χ1n) is 11.5. The lowest BCUT2D eigenvalue weighted by atomic mass is 9.64. The van der Waals surface area contributed by atoms with Gasteiger partial charge >= 0.3 is 0 Å². The standard InChI is InChI=1S/C26H22.2C2H6/c1-4-12-20(13-5-1)26(21-14-6-2-7-15-21)24-18-9-3-8-16-22(24)23-17-10-11-19-25(23)26;2*1-2/h1-2,4-10,12-18H,3,11,19H2;2*1-2H3. The second kappa shape index (κ2) is 10.3. The minimum atomic E-state index is -0.177. The monoisotopic (exact) mass is 394 g/mol. The van der Waals surface area contributed by atoms with Crippen molar-refractivity contribution in [3.63, 3.8) is 0 Å². The van der Waals surface area contributed by atoms with Gasteiger partial charge in [0.2, 0.25) is 0 Å². The zero-order chi connectivity index (χ0) is 21.4. The van der Waals surface area contributed by atoms with Crippen LogP contribution >= 0.6 is 0 Å². The van der Waals surface area contributed by atoms with Crippen molar-refractivity contribution in [3.05, 3.63) is 131 Å². The first kappa shape index (κ1) is 21.8. The number of benzene rings is 2. The normalized spacial score (nSPS) is 17.9. The molecule has 3 aliphatic carbocycles. The zero-order valence-corrected chi connectivity index (χ0v) is 18.9. The van der Waals surface area contributed by atoms with Crippen LogP contribution in [0.3, 0.4) is 0 Å². The van der Waals surface area contributed by atoms with Crippen LogP contribution in [0.15, 0.2) is 119 Å². The van der Waals surface area contributed by atoms with Crippen LogP contribution in [0.2, 0.25) is 0 Å². The summed E-state index contributed by atoms with van der Waals surface area (Å²) in [4.78, 5) is 0. The molecule has 0 amide bonds. The van der Waals surface area contributed by atoms with Crippen LogP contribution in [-0.2, 0) is 5.41 Å². The van der Waals surface area contributed by atoms with Gasteiger partial charge in [-0.1, -0.05) is 125 Å². The Morgan fingerprint density at radius 3 is 1.73 bits per heavy atom. The smallest absolute Gasteiger partial charge is 0.0676 e. The van der Waals surface area contributed by atoms with Gasteiger partial charge in [-0.05, 0) is 52.7 Å². The molecule has 0 fully saturated rings. The largest absolute Gasteiger partial charge is 0.0836 e. The van der Waals surface area contributed by atoms with E-state index in [1.54, 1.807) is 5.57 Å². The van der Waals surface area contributed by atoms with Crippen LogP contribution in [0, 0.1) is 0 Å². The van der Waals surface area contributed by atoms with Crippen molar-refractivity contribution in [2.45, 2.75) is 52.4 Å². The molecule has 5 rings (SSSR count). The van der Waals surface area contributed by atoms with Gasteiger partial charge in [-0.15, -0.1) is 0 Å². The fourth-order valence-corrected chi connectivity index (χ4v) is 4.86. The fourth-order valence-electron chi connectivity index (χ4n) is 4.86. The summed E-state index contributed by atoms with van der Waals surface area (Å²) in [5.41, 5.74) is 8.39. The molecule has 0 N–H and O–H groups in total. The van der Waals surface area contributed by atoms with E-state index in [9.17, 15) is 0 Å². The molecule has 154 valence electrons. The minimum absolute atomic E-state index is 0.177. The van der Waals surface area contributed by atoms with E-state index in [0.29, 0.717) is 0 Å². The molecule has 0 radical (unpaired) electrons. The third kappa shape index (κ3) is 3.56. The van der Waals surface area contributed by atoms with Crippen molar-refractivity contribution in [1.29, 1.82) is 0 Å². The Bertz CT molecular complexity index is 939. The van der Waals surface area contributed by atoms with Crippen LogP contribution in [-0.4, -0.2) is 0 Å². The summed E-state index contributed by atoms with van der Waals surface area (Å²) in [7, 11) is 0. The summed E-state index contributed by atoms with van der Waals surface area (Å²) in [6.07, 6.45) is 17.2. The average molecular weight is 395 g/mol. The zero-order valence-electron chi connectivity index (χ0n) is 18.9. The maximum absolute atomic E-state index is 2.38. The van der Waals surface area contributed by atoms with Crippen molar-refractivity contribution in [2.75, 3.05) is 0 Å². The van der Waals surface area contributed by atoms with Crippen molar-refractivity contribution in [2.24, 2.45) is 0 Å². The predicted molar refractivity (Wildman–Crippen MR) is 132 cm³/mol. The van der Waals surface area contributed by atoms with Crippen LogP contribution in [0.25, 0.3) is 0 Å². The summed E-state index contributed by atoms with van der Waals surface area (Å²) in [6.45, 7) is 8.00. The van der Waals surface area contributed by atoms with Crippen LogP contribution in [0.4, 0.5) is 0 Å². The quantitative estimate of drug-likeness (QED) is 0.479. The van der Waals surface area contributed by atoms with Gasteiger partial charge in [-0.25, -0.2) is 0 Å². The van der Waals surface area contributed by atoms with Crippen LogP contribution in [0.1, 0.15) is 58.1 Å². The summed E-state index contributed by atoms with van der Waals surface area (Å²) >= 11 is 0. The molecule has 0 saturated heterocycles. The number of hydrogen-bond donors (Lipinski definition) is 0. The topological polar surface area (TPSA) is 0 Å². The van der Waals surface area contributed by atoms with Gasteiger partial charge in [0.1, 0.15) is 0 Å². The third-order valence-corrected chi connectivity index (χ3v) is 5.86. The Balaban J connectivity index is 0.000000606. The van der Waals surface area contributed by atoms with Gasteiger partial charge in [0, 0.05) is 0 Å². The number of hydrogen-bond acceptors (Lipinski definition) is 0. The molecular weight excluding hydrogens is 360 g/mol. The summed E-state index contributed by atoms with van der Waals surface area (Å²) in [5.74, 6) is 0. The lowest BCUT2D eigenvalue weighted by Gasteiger charge is -2.37. The Morgan fingerprint density at radius 2 is 1.13 bits per heavy atom. The molecule has 0 atom stereocenters. The molecule has 0 nitrogen and oxygen atoms in total. The predicted octanol–water partition coefficient (Wildman–Crippen LogP) is 8.50. The molecular formula is C30H34. The van der Waals surface area contributed by atoms with Crippen molar-refractivity contribution in [1.82, 2.24) is 0 Å². The molecule has 0 aromatic heterocycles. The molecule has 0 heterocycles. The highest BCUT2D eigenvalue weighted by molar-refractivity contribution is 5.75. The number of rotatable bonds is 2. The Morgan fingerprint density at radius 1 is 0.600 bits per heavy atom. The molecule has 30 heavy (non-hydrogen) atoms. The summed E-state index contributed by atoms with van der Waals surface area (Å²) < 4.78 is 0. The second-order valence-corrected chi connectivity index (χ2v) is 7.18. The van der Waals surface area contributed by atoms with Gasteiger partial charge in [-0.3, -0.25) is 0 Å². The van der Waals surface area contributed by atoms with Gasteiger partial charge in [0.25, 0.3) is 0 Å². The minimum Gasteiger partial charge on any atom is -0.0836 e. The highest BCUT2D eigenvalue weighted by Gasteiger charge is 2.47. The van der Waals surface area contributed by atoms with Crippen molar-refractivity contribution < 1.29 is 0 Å². The van der Waals surface area contributed by atoms with Crippen molar-refractivity contribution >= 4 is 0 Å². The van der Waals surface area contributed by atoms with Crippen molar-refractivity contribution in [3.8, 4) is 0 Å². The van der Waals surface area contributed by atoms with Gasteiger partial charge < -0.3 is 0 Å². The highest BCUT2D eigenvalue weighted by Crippen LogP contribution is 2.57. The molecule has 0 spiro atoms. The van der Waals surface area contributed by atoms with E-state index in [2.05, 4.69) is 97.1 Å². The maximum Gasteiger partial charge on any atom is 0.0676 e. The van der Waals surface area contributed by atoms with E-state index >= 15 is 0 Å². The molecule has 0 bridgehead atoms. The SMILES string of the molecule is C1=CC2=C(C=CC1)C(c1ccccc1)(c1ccccc1)C1=C2C=CCC1.CC.CC.